The first kappa shape index (κ1) is 13.3. The summed E-state index contributed by atoms with van der Waals surface area (Å²) in [6.45, 7) is 4.17. The third-order valence-corrected chi connectivity index (χ3v) is 3.99. The predicted octanol–water partition coefficient (Wildman–Crippen LogP) is 2.52. The van der Waals surface area contributed by atoms with Crippen LogP contribution in [0.25, 0.3) is 11.0 Å². The fraction of sp³-hybridized carbons (Fsp3) is 0.500. The van der Waals surface area contributed by atoms with E-state index in [2.05, 4.69) is 22.2 Å². The van der Waals surface area contributed by atoms with Gasteiger partial charge in [0.15, 0.2) is 5.82 Å². The molecule has 2 aromatic rings. The highest BCUT2D eigenvalue weighted by Gasteiger charge is 2.17. The van der Waals surface area contributed by atoms with E-state index < -0.39 is 0 Å². The Morgan fingerprint density at radius 3 is 2.65 bits per heavy atom. The number of nitrogens with zero attached hydrogens (tertiary/aromatic N) is 3. The van der Waals surface area contributed by atoms with Crippen molar-refractivity contribution in [1.29, 1.82) is 0 Å². The van der Waals surface area contributed by atoms with Crippen LogP contribution < -0.4 is 10.2 Å². The molecule has 4 nitrogen and oxygen atoms in total. The number of likely N-dealkylation sites (N-methyl/N-ethyl adjacent to an activating group) is 1. The number of benzene rings is 1. The molecule has 106 valence electrons. The molecular weight excluding hydrogens is 248 g/mol. The van der Waals surface area contributed by atoms with Crippen LogP contribution in [0.2, 0.25) is 0 Å². The van der Waals surface area contributed by atoms with Crippen molar-refractivity contribution in [2.75, 3.05) is 25.0 Å². The maximum Gasteiger partial charge on any atom is 0.150 e. The van der Waals surface area contributed by atoms with E-state index in [0.29, 0.717) is 6.04 Å². The fourth-order valence-electron chi connectivity index (χ4n) is 2.94. The van der Waals surface area contributed by atoms with Crippen molar-refractivity contribution in [3.8, 4) is 0 Å². The van der Waals surface area contributed by atoms with Gasteiger partial charge in [-0.25, -0.2) is 9.97 Å². The Hall–Kier alpha value is -1.68. The first-order valence-electron chi connectivity index (χ1n) is 7.42. The zero-order chi connectivity index (χ0) is 13.9. The molecule has 1 unspecified atom stereocenters. The van der Waals surface area contributed by atoms with Crippen molar-refractivity contribution < 1.29 is 0 Å². The van der Waals surface area contributed by atoms with Crippen LogP contribution in [0.4, 0.5) is 5.82 Å². The third-order valence-electron chi connectivity index (χ3n) is 3.99. The lowest BCUT2D eigenvalue weighted by atomic mass is 10.0. The number of hydrogen-bond donors (Lipinski definition) is 1. The van der Waals surface area contributed by atoms with Gasteiger partial charge in [0.05, 0.1) is 16.7 Å². The Morgan fingerprint density at radius 1 is 1.20 bits per heavy atom. The number of aryl methyl sites for hydroxylation is 1. The maximum absolute atomic E-state index is 4.78. The second-order valence-corrected chi connectivity index (χ2v) is 5.65. The lowest BCUT2D eigenvalue weighted by Gasteiger charge is -2.29. The molecule has 4 heteroatoms. The Labute approximate surface area is 120 Å². The van der Waals surface area contributed by atoms with E-state index in [4.69, 9.17) is 4.98 Å². The van der Waals surface area contributed by atoms with Crippen LogP contribution in [0.3, 0.4) is 0 Å². The summed E-state index contributed by atoms with van der Waals surface area (Å²) in [5.41, 5.74) is 2.94. The Morgan fingerprint density at radius 2 is 1.95 bits per heavy atom. The average molecular weight is 270 g/mol. The summed E-state index contributed by atoms with van der Waals surface area (Å²) in [5.74, 6) is 0.996. The van der Waals surface area contributed by atoms with Gasteiger partial charge in [0, 0.05) is 19.6 Å². The van der Waals surface area contributed by atoms with E-state index in [1.807, 2.05) is 31.2 Å². The van der Waals surface area contributed by atoms with Crippen LogP contribution in [0.1, 0.15) is 25.0 Å². The fourth-order valence-corrected chi connectivity index (χ4v) is 2.94. The highest BCUT2D eigenvalue weighted by molar-refractivity contribution is 5.76. The second-order valence-electron chi connectivity index (χ2n) is 5.65. The SMILES string of the molecule is Cc1nc2ccccc2nc1N(C)CC1CCCCN1. The maximum atomic E-state index is 4.78. The molecule has 1 fully saturated rings. The first-order valence-corrected chi connectivity index (χ1v) is 7.42. The van der Waals surface area contributed by atoms with Gasteiger partial charge in [-0.15, -0.1) is 0 Å². The lowest BCUT2D eigenvalue weighted by Crippen LogP contribution is -2.42. The van der Waals surface area contributed by atoms with E-state index in [1.165, 1.54) is 19.3 Å². The lowest BCUT2D eigenvalue weighted by molar-refractivity contribution is 0.403. The molecule has 1 atom stereocenters. The Balaban J connectivity index is 1.82. The van der Waals surface area contributed by atoms with Gasteiger partial charge in [0.25, 0.3) is 0 Å². The molecule has 1 aliphatic heterocycles. The predicted molar refractivity (Wildman–Crippen MR) is 83.2 cm³/mol. The number of piperidine rings is 1. The first-order chi connectivity index (χ1) is 9.74. The van der Waals surface area contributed by atoms with Crippen LogP contribution >= 0.6 is 0 Å². The topological polar surface area (TPSA) is 41.1 Å². The molecule has 20 heavy (non-hydrogen) atoms. The molecule has 0 saturated carbocycles. The average Bonchev–Trinajstić information content (AvgIpc) is 2.47. The molecule has 0 radical (unpaired) electrons. The van der Waals surface area contributed by atoms with Gasteiger partial charge < -0.3 is 10.2 Å². The second kappa shape index (κ2) is 5.75. The quantitative estimate of drug-likeness (QED) is 0.930. The largest absolute Gasteiger partial charge is 0.357 e. The van der Waals surface area contributed by atoms with Crippen molar-refractivity contribution in [3.05, 3.63) is 30.0 Å². The Bertz CT molecular complexity index is 590. The number of anilines is 1. The van der Waals surface area contributed by atoms with E-state index in [1.54, 1.807) is 0 Å². The molecular formula is C16H22N4. The zero-order valence-corrected chi connectivity index (χ0v) is 12.3. The molecule has 0 amide bonds. The van der Waals surface area contributed by atoms with Gasteiger partial charge in [-0.3, -0.25) is 0 Å². The van der Waals surface area contributed by atoms with Gasteiger partial charge in [-0.1, -0.05) is 18.6 Å². The van der Waals surface area contributed by atoms with Crippen molar-refractivity contribution in [1.82, 2.24) is 15.3 Å². The Kier molecular flexibility index (Phi) is 3.83. The molecule has 0 spiro atoms. The summed E-state index contributed by atoms with van der Waals surface area (Å²) in [6, 6.07) is 8.63. The summed E-state index contributed by atoms with van der Waals surface area (Å²) >= 11 is 0. The van der Waals surface area contributed by atoms with Crippen LogP contribution in [0.5, 0.6) is 0 Å². The number of hydrogen-bond acceptors (Lipinski definition) is 4. The molecule has 1 aromatic heterocycles. The molecule has 1 saturated heterocycles. The molecule has 2 heterocycles. The summed E-state index contributed by atoms with van der Waals surface area (Å²) < 4.78 is 0. The molecule has 0 bridgehead atoms. The molecule has 0 aliphatic carbocycles. The van der Waals surface area contributed by atoms with E-state index in [9.17, 15) is 0 Å². The van der Waals surface area contributed by atoms with E-state index >= 15 is 0 Å². The monoisotopic (exact) mass is 270 g/mol. The third kappa shape index (κ3) is 2.75. The highest BCUT2D eigenvalue weighted by Crippen LogP contribution is 2.20. The molecule has 3 rings (SSSR count). The summed E-state index contributed by atoms with van der Waals surface area (Å²) in [6.07, 6.45) is 3.88. The standard InChI is InChI=1S/C16H22N4/c1-12-16(19-15-9-4-3-8-14(15)18-12)20(2)11-13-7-5-6-10-17-13/h3-4,8-9,13,17H,5-7,10-11H2,1-2H3. The van der Waals surface area contributed by atoms with Crippen LogP contribution in [-0.2, 0) is 0 Å². The smallest absolute Gasteiger partial charge is 0.150 e. The van der Waals surface area contributed by atoms with Crippen LogP contribution in [0, 0.1) is 6.92 Å². The number of aromatic nitrogens is 2. The molecule has 1 aromatic carbocycles. The minimum atomic E-state index is 0.571. The van der Waals surface area contributed by atoms with Gasteiger partial charge in [0.1, 0.15) is 0 Å². The number of fused-ring (bicyclic) bond motifs is 1. The molecule has 1 aliphatic rings. The highest BCUT2D eigenvalue weighted by atomic mass is 15.2. The number of nitrogens with one attached hydrogen (secondary N) is 1. The van der Waals surface area contributed by atoms with E-state index in [-0.39, 0.29) is 0 Å². The van der Waals surface area contributed by atoms with Crippen LogP contribution in [-0.4, -0.2) is 36.1 Å². The number of rotatable bonds is 3. The molecule has 1 N–H and O–H groups in total. The van der Waals surface area contributed by atoms with Gasteiger partial charge in [-0.05, 0) is 38.4 Å². The van der Waals surface area contributed by atoms with E-state index in [0.717, 1.165) is 35.6 Å². The minimum Gasteiger partial charge on any atom is -0.357 e. The zero-order valence-electron chi connectivity index (χ0n) is 12.3. The number of para-hydroxylation sites is 2. The van der Waals surface area contributed by atoms with Crippen molar-refractivity contribution in [2.24, 2.45) is 0 Å². The normalized spacial score (nSPS) is 19.2. The van der Waals surface area contributed by atoms with Gasteiger partial charge in [0.2, 0.25) is 0 Å². The van der Waals surface area contributed by atoms with Crippen molar-refractivity contribution in [3.63, 3.8) is 0 Å². The van der Waals surface area contributed by atoms with Crippen LogP contribution in [0.15, 0.2) is 24.3 Å². The van der Waals surface area contributed by atoms with Gasteiger partial charge in [-0.2, -0.15) is 0 Å². The summed E-state index contributed by atoms with van der Waals surface area (Å²) in [7, 11) is 2.11. The van der Waals surface area contributed by atoms with Crippen molar-refractivity contribution in [2.45, 2.75) is 32.2 Å². The summed E-state index contributed by atoms with van der Waals surface area (Å²) in [4.78, 5) is 11.7. The van der Waals surface area contributed by atoms with Gasteiger partial charge >= 0.3 is 0 Å². The minimum absolute atomic E-state index is 0.571. The van der Waals surface area contributed by atoms with Crippen molar-refractivity contribution >= 4 is 16.9 Å². The summed E-state index contributed by atoms with van der Waals surface area (Å²) in [5, 5.41) is 3.59.